The highest BCUT2D eigenvalue weighted by Gasteiger charge is 2.30. The molecule has 2 aromatic carbocycles. The third kappa shape index (κ3) is 4.59. The summed E-state index contributed by atoms with van der Waals surface area (Å²) in [7, 11) is 1.59. The van der Waals surface area contributed by atoms with Crippen molar-refractivity contribution in [2.24, 2.45) is 4.99 Å². The minimum absolute atomic E-state index is 0.221. The van der Waals surface area contributed by atoms with Gasteiger partial charge in [-0.25, -0.2) is 9.79 Å². The van der Waals surface area contributed by atoms with Gasteiger partial charge in [-0.1, -0.05) is 72.0 Å². The number of carbonyl (C=O) groups is 1. The summed E-state index contributed by atoms with van der Waals surface area (Å²) >= 11 is 1.28. The van der Waals surface area contributed by atoms with Crippen molar-refractivity contribution < 1.29 is 14.3 Å². The molecule has 168 valence electrons. The molecule has 0 radical (unpaired) electrons. The second-order valence-electron chi connectivity index (χ2n) is 7.36. The molecule has 0 saturated heterocycles. The molecule has 0 spiro atoms. The number of ether oxygens (including phenoxy) is 2. The summed E-state index contributed by atoms with van der Waals surface area (Å²) in [6.07, 6.45) is 5.55. The van der Waals surface area contributed by atoms with Crippen LogP contribution in [0, 0.1) is 0 Å². The molecule has 7 heteroatoms. The lowest BCUT2D eigenvalue weighted by atomic mass is 10.0. The molecule has 0 saturated carbocycles. The molecular formula is C26H24N2O4S. The average molecular weight is 461 g/mol. The predicted octanol–water partition coefficient (Wildman–Crippen LogP) is 3.47. The van der Waals surface area contributed by atoms with Crippen LogP contribution >= 0.6 is 11.3 Å². The van der Waals surface area contributed by atoms with E-state index in [1.807, 2.05) is 66.7 Å². The number of benzene rings is 2. The van der Waals surface area contributed by atoms with Gasteiger partial charge in [0, 0.05) is 5.56 Å². The van der Waals surface area contributed by atoms with Gasteiger partial charge in [0.25, 0.3) is 5.56 Å². The smallest absolute Gasteiger partial charge is 0.338 e. The lowest BCUT2D eigenvalue weighted by Crippen LogP contribution is -2.38. The van der Waals surface area contributed by atoms with Gasteiger partial charge >= 0.3 is 5.97 Å². The number of fused-ring (bicyclic) bond motifs is 1. The molecule has 1 unspecified atom stereocenters. The molecule has 6 nitrogen and oxygen atoms in total. The number of hydrogen-bond donors (Lipinski definition) is 0. The molecular weight excluding hydrogens is 436 g/mol. The van der Waals surface area contributed by atoms with Crippen LogP contribution in [-0.4, -0.2) is 24.3 Å². The van der Waals surface area contributed by atoms with E-state index in [2.05, 4.69) is 4.99 Å². The summed E-state index contributed by atoms with van der Waals surface area (Å²) in [6, 6.07) is 16.6. The fourth-order valence-corrected chi connectivity index (χ4v) is 4.76. The molecule has 0 amide bonds. The zero-order chi connectivity index (χ0) is 23.4. The number of carbonyl (C=O) groups excluding carboxylic acids is 1. The van der Waals surface area contributed by atoms with Crippen LogP contribution in [-0.2, 0) is 9.53 Å². The van der Waals surface area contributed by atoms with Gasteiger partial charge < -0.3 is 9.47 Å². The Labute approximate surface area is 195 Å². The standard InChI is InChI=1S/C26H24N2O4S/c1-4-32-25(30)23-17(2)27-26-28(20(23)15-14-18-10-6-5-7-11-18)24(29)22(33-26)16-19-12-8-9-13-21(19)31-3/h5-16,20H,4H2,1-3H3/b15-14+,22-16+. The first-order valence-corrected chi connectivity index (χ1v) is 11.4. The molecule has 3 aromatic rings. The molecule has 2 heterocycles. The third-order valence-corrected chi connectivity index (χ3v) is 6.24. The highest BCUT2D eigenvalue weighted by atomic mass is 32.1. The largest absolute Gasteiger partial charge is 0.496 e. The molecule has 1 aliphatic rings. The van der Waals surface area contributed by atoms with Crippen LogP contribution < -0.4 is 19.6 Å². The van der Waals surface area contributed by atoms with Gasteiger partial charge in [0.05, 0.1) is 35.6 Å². The summed E-state index contributed by atoms with van der Waals surface area (Å²) in [4.78, 5) is 31.4. The first-order valence-electron chi connectivity index (χ1n) is 10.6. The van der Waals surface area contributed by atoms with E-state index in [0.717, 1.165) is 11.1 Å². The van der Waals surface area contributed by atoms with Crippen LogP contribution in [0.2, 0.25) is 0 Å². The summed E-state index contributed by atoms with van der Waals surface area (Å²) in [5.74, 6) is 0.202. The summed E-state index contributed by atoms with van der Waals surface area (Å²) in [6.45, 7) is 3.76. The summed E-state index contributed by atoms with van der Waals surface area (Å²) in [5, 5.41) is 0. The topological polar surface area (TPSA) is 69.9 Å². The maximum absolute atomic E-state index is 13.5. The summed E-state index contributed by atoms with van der Waals surface area (Å²) in [5.41, 5.74) is 2.44. The summed E-state index contributed by atoms with van der Waals surface area (Å²) < 4.78 is 12.8. The fraction of sp³-hybridized carbons (Fsp3) is 0.192. The third-order valence-electron chi connectivity index (χ3n) is 5.26. The average Bonchev–Trinajstić information content (AvgIpc) is 3.12. The Hall–Kier alpha value is -3.71. The van der Waals surface area contributed by atoms with Gasteiger partial charge in [-0.15, -0.1) is 0 Å². The SMILES string of the molecule is CCOC(=O)C1=C(C)N=c2s/c(=C/c3ccccc3OC)c(=O)n2C1/C=C/c1ccccc1. The monoisotopic (exact) mass is 460 g/mol. The zero-order valence-electron chi connectivity index (χ0n) is 18.6. The van der Waals surface area contributed by atoms with Crippen LogP contribution in [0.5, 0.6) is 5.75 Å². The van der Waals surface area contributed by atoms with Crippen LogP contribution in [0.1, 0.15) is 31.0 Å². The van der Waals surface area contributed by atoms with Crippen molar-refractivity contribution in [2.75, 3.05) is 13.7 Å². The highest BCUT2D eigenvalue weighted by molar-refractivity contribution is 7.07. The number of hydrogen-bond acceptors (Lipinski definition) is 6. The van der Waals surface area contributed by atoms with Crippen molar-refractivity contribution in [1.29, 1.82) is 0 Å². The lowest BCUT2D eigenvalue weighted by Gasteiger charge is -2.21. The first kappa shape index (κ1) is 22.5. The number of nitrogens with zero attached hydrogens (tertiary/aromatic N) is 2. The van der Waals surface area contributed by atoms with Gasteiger partial charge in [0.15, 0.2) is 4.80 Å². The van der Waals surface area contributed by atoms with E-state index in [4.69, 9.17) is 9.47 Å². The van der Waals surface area contributed by atoms with E-state index < -0.39 is 12.0 Å². The fourth-order valence-electron chi connectivity index (χ4n) is 3.71. The quantitative estimate of drug-likeness (QED) is 0.528. The Morgan fingerprint density at radius 2 is 1.88 bits per heavy atom. The number of rotatable bonds is 6. The molecule has 1 aliphatic heterocycles. The number of aromatic nitrogens is 1. The molecule has 33 heavy (non-hydrogen) atoms. The van der Waals surface area contributed by atoms with E-state index in [0.29, 0.717) is 26.4 Å². The van der Waals surface area contributed by atoms with Gasteiger partial charge in [-0.05, 0) is 31.6 Å². The predicted molar refractivity (Wildman–Crippen MR) is 130 cm³/mol. The Balaban J connectivity index is 1.89. The van der Waals surface area contributed by atoms with Crippen LogP contribution in [0.15, 0.2) is 81.7 Å². The minimum Gasteiger partial charge on any atom is -0.496 e. The number of methoxy groups -OCH3 is 1. The number of para-hydroxylation sites is 1. The maximum Gasteiger partial charge on any atom is 0.338 e. The van der Waals surface area contributed by atoms with E-state index in [9.17, 15) is 9.59 Å². The molecule has 0 aliphatic carbocycles. The second-order valence-corrected chi connectivity index (χ2v) is 8.37. The van der Waals surface area contributed by atoms with E-state index in [-0.39, 0.29) is 12.2 Å². The number of thiazole rings is 1. The number of allylic oxidation sites excluding steroid dienone is 2. The maximum atomic E-state index is 13.5. The molecule has 1 atom stereocenters. The highest BCUT2D eigenvalue weighted by Crippen LogP contribution is 2.26. The van der Waals surface area contributed by atoms with Gasteiger partial charge in [0.2, 0.25) is 0 Å². The Bertz CT molecular complexity index is 1410. The van der Waals surface area contributed by atoms with Gasteiger partial charge in [-0.3, -0.25) is 9.36 Å². The van der Waals surface area contributed by atoms with Crippen molar-refractivity contribution in [1.82, 2.24) is 4.57 Å². The van der Waals surface area contributed by atoms with Crippen molar-refractivity contribution in [3.8, 4) is 5.75 Å². The van der Waals surface area contributed by atoms with E-state index in [1.165, 1.54) is 11.3 Å². The van der Waals surface area contributed by atoms with E-state index in [1.54, 1.807) is 31.6 Å². The molecule has 0 bridgehead atoms. The van der Waals surface area contributed by atoms with Gasteiger partial charge in [0.1, 0.15) is 5.75 Å². The molecule has 0 fully saturated rings. The second kappa shape index (κ2) is 9.83. The molecule has 4 rings (SSSR count). The minimum atomic E-state index is -0.625. The lowest BCUT2D eigenvalue weighted by molar-refractivity contribution is -0.139. The van der Waals surface area contributed by atoms with Crippen molar-refractivity contribution in [2.45, 2.75) is 19.9 Å². The van der Waals surface area contributed by atoms with Crippen LogP contribution in [0.4, 0.5) is 0 Å². The Morgan fingerprint density at radius 3 is 2.61 bits per heavy atom. The van der Waals surface area contributed by atoms with Crippen LogP contribution in [0.25, 0.3) is 12.2 Å². The van der Waals surface area contributed by atoms with Crippen molar-refractivity contribution in [3.05, 3.63) is 103 Å². The zero-order valence-corrected chi connectivity index (χ0v) is 19.5. The van der Waals surface area contributed by atoms with Crippen LogP contribution in [0.3, 0.4) is 0 Å². The molecule has 0 N–H and O–H groups in total. The van der Waals surface area contributed by atoms with E-state index >= 15 is 0 Å². The Morgan fingerprint density at radius 1 is 1.15 bits per heavy atom. The van der Waals surface area contributed by atoms with Crippen molar-refractivity contribution >= 4 is 29.5 Å². The molecule has 1 aromatic heterocycles. The first-order chi connectivity index (χ1) is 16.0. The van der Waals surface area contributed by atoms with Gasteiger partial charge in [-0.2, -0.15) is 0 Å². The number of esters is 1. The van der Waals surface area contributed by atoms with Crippen molar-refractivity contribution in [3.63, 3.8) is 0 Å². The normalized spacial score (nSPS) is 16.0. The Kier molecular flexibility index (Phi) is 6.70.